The van der Waals surface area contributed by atoms with E-state index in [0.29, 0.717) is 23.4 Å². The standard InChI is InChI=1S/C21H24N2O5/c1-13(2)27-12-15-4-6-17(7-5-15)21(26)28-14(3)20(25)23-18-10-8-16(9-11-18)19(22)24/h4-11,13-14H,12H2,1-3H3,(H2,22,24)(H,23,25)/t14-/m0/s1. The molecule has 148 valence electrons. The van der Waals surface area contributed by atoms with Crippen molar-refractivity contribution in [3.8, 4) is 0 Å². The van der Waals surface area contributed by atoms with Crippen molar-refractivity contribution in [2.75, 3.05) is 5.32 Å². The van der Waals surface area contributed by atoms with Crippen molar-refractivity contribution in [2.45, 2.75) is 39.6 Å². The first-order valence-corrected chi connectivity index (χ1v) is 8.88. The zero-order chi connectivity index (χ0) is 20.7. The highest BCUT2D eigenvalue weighted by molar-refractivity contribution is 5.98. The maximum Gasteiger partial charge on any atom is 0.338 e. The molecule has 1 atom stereocenters. The molecule has 2 rings (SSSR count). The van der Waals surface area contributed by atoms with Crippen molar-refractivity contribution in [2.24, 2.45) is 5.73 Å². The number of primary amides is 1. The largest absolute Gasteiger partial charge is 0.449 e. The highest BCUT2D eigenvalue weighted by Gasteiger charge is 2.19. The summed E-state index contributed by atoms with van der Waals surface area (Å²) in [6.07, 6.45) is -0.872. The summed E-state index contributed by atoms with van der Waals surface area (Å²) in [5.41, 5.74) is 7.26. The molecule has 0 radical (unpaired) electrons. The Morgan fingerprint density at radius 1 is 0.929 bits per heavy atom. The van der Waals surface area contributed by atoms with Gasteiger partial charge < -0.3 is 20.5 Å². The number of carbonyl (C=O) groups is 3. The molecular weight excluding hydrogens is 360 g/mol. The van der Waals surface area contributed by atoms with E-state index in [2.05, 4.69) is 5.32 Å². The Kier molecular flexibility index (Phi) is 7.28. The quantitative estimate of drug-likeness (QED) is 0.681. The fourth-order valence-corrected chi connectivity index (χ4v) is 2.24. The van der Waals surface area contributed by atoms with Gasteiger partial charge in [-0.05, 0) is 62.7 Å². The molecule has 28 heavy (non-hydrogen) atoms. The van der Waals surface area contributed by atoms with Crippen LogP contribution in [0, 0.1) is 0 Å². The summed E-state index contributed by atoms with van der Waals surface area (Å²) in [6.45, 7) is 5.84. The molecule has 0 spiro atoms. The van der Waals surface area contributed by atoms with Gasteiger partial charge in [-0.15, -0.1) is 0 Å². The van der Waals surface area contributed by atoms with E-state index in [-0.39, 0.29) is 6.10 Å². The SMILES string of the molecule is CC(C)OCc1ccc(C(=O)O[C@@H](C)C(=O)Nc2ccc(C(N)=O)cc2)cc1. The van der Waals surface area contributed by atoms with Crippen molar-refractivity contribution < 1.29 is 23.9 Å². The third-order valence-corrected chi connectivity index (χ3v) is 3.86. The Morgan fingerprint density at radius 2 is 1.50 bits per heavy atom. The normalized spacial score (nSPS) is 11.7. The number of carbonyl (C=O) groups excluding carboxylic acids is 3. The Balaban J connectivity index is 1.90. The van der Waals surface area contributed by atoms with Crippen molar-refractivity contribution >= 4 is 23.5 Å². The Labute approximate surface area is 163 Å². The van der Waals surface area contributed by atoms with Crippen molar-refractivity contribution in [3.05, 3.63) is 65.2 Å². The molecule has 2 aromatic carbocycles. The molecule has 3 N–H and O–H groups in total. The van der Waals surface area contributed by atoms with Crippen LogP contribution < -0.4 is 11.1 Å². The number of amides is 2. The molecule has 0 heterocycles. The van der Waals surface area contributed by atoms with Crippen LogP contribution in [0.15, 0.2) is 48.5 Å². The van der Waals surface area contributed by atoms with E-state index < -0.39 is 23.9 Å². The maximum absolute atomic E-state index is 12.2. The molecule has 0 aliphatic heterocycles. The van der Waals surface area contributed by atoms with Gasteiger partial charge in [-0.3, -0.25) is 9.59 Å². The van der Waals surface area contributed by atoms with Crippen LogP contribution >= 0.6 is 0 Å². The van der Waals surface area contributed by atoms with E-state index >= 15 is 0 Å². The summed E-state index contributed by atoms with van der Waals surface area (Å²) in [6, 6.07) is 12.9. The fraction of sp³-hybridized carbons (Fsp3) is 0.286. The van der Waals surface area contributed by atoms with E-state index in [9.17, 15) is 14.4 Å². The second-order valence-corrected chi connectivity index (χ2v) is 6.54. The predicted octanol–water partition coefficient (Wildman–Crippen LogP) is 2.89. The molecule has 0 aliphatic carbocycles. The van der Waals surface area contributed by atoms with E-state index in [1.165, 1.54) is 19.1 Å². The first-order valence-electron chi connectivity index (χ1n) is 8.88. The summed E-state index contributed by atoms with van der Waals surface area (Å²) >= 11 is 0. The van der Waals surface area contributed by atoms with Crippen molar-refractivity contribution in [3.63, 3.8) is 0 Å². The predicted molar refractivity (Wildman–Crippen MR) is 105 cm³/mol. The third kappa shape index (κ3) is 6.21. The molecule has 0 bridgehead atoms. The topological polar surface area (TPSA) is 108 Å². The van der Waals surface area contributed by atoms with Gasteiger partial charge in [0.25, 0.3) is 5.91 Å². The van der Waals surface area contributed by atoms with Gasteiger partial charge >= 0.3 is 5.97 Å². The van der Waals surface area contributed by atoms with Crippen LogP contribution in [-0.4, -0.2) is 30.0 Å². The number of anilines is 1. The molecule has 0 unspecified atom stereocenters. The lowest BCUT2D eigenvalue weighted by atomic mass is 10.1. The van der Waals surface area contributed by atoms with E-state index in [1.807, 2.05) is 13.8 Å². The lowest BCUT2D eigenvalue weighted by Crippen LogP contribution is -2.30. The van der Waals surface area contributed by atoms with Crippen molar-refractivity contribution in [1.29, 1.82) is 0 Å². The average Bonchev–Trinajstić information content (AvgIpc) is 2.67. The van der Waals surface area contributed by atoms with Gasteiger partial charge in [0.1, 0.15) is 0 Å². The van der Waals surface area contributed by atoms with Gasteiger partial charge in [0, 0.05) is 11.3 Å². The lowest BCUT2D eigenvalue weighted by molar-refractivity contribution is -0.123. The minimum Gasteiger partial charge on any atom is -0.449 e. The van der Waals surface area contributed by atoms with Gasteiger partial charge in [-0.2, -0.15) is 0 Å². The number of hydrogen-bond acceptors (Lipinski definition) is 5. The average molecular weight is 384 g/mol. The molecular formula is C21H24N2O5. The molecule has 7 nitrogen and oxygen atoms in total. The zero-order valence-corrected chi connectivity index (χ0v) is 16.1. The molecule has 2 amide bonds. The minimum absolute atomic E-state index is 0.121. The summed E-state index contributed by atoms with van der Waals surface area (Å²) in [5, 5.41) is 2.62. The lowest BCUT2D eigenvalue weighted by Gasteiger charge is -2.14. The zero-order valence-electron chi connectivity index (χ0n) is 16.1. The monoisotopic (exact) mass is 384 g/mol. The van der Waals surface area contributed by atoms with Gasteiger partial charge in [-0.1, -0.05) is 12.1 Å². The van der Waals surface area contributed by atoms with E-state index in [1.54, 1.807) is 36.4 Å². The number of esters is 1. The van der Waals surface area contributed by atoms with Gasteiger partial charge in [0.05, 0.1) is 18.3 Å². The van der Waals surface area contributed by atoms with Crippen LogP contribution in [-0.2, 0) is 20.9 Å². The number of rotatable bonds is 8. The first-order chi connectivity index (χ1) is 13.3. The summed E-state index contributed by atoms with van der Waals surface area (Å²) in [4.78, 5) is 35.5. The molecule has 0 aliphatic rings. The van der Waals surface area contributed by atoms with Crippen LogP contribution in [0.3, 0.4) is 0 Å². The third-order valence-electron chi connectivity index (χ3n) is 3.86. The fourth-order valence-electron chi connectivity index (χ4n) is 2.24. The first kappa shape index (κ1) is 21.1. The van der Waals surface area contributed by atoms with Crippen LogP contribution in [0.4, 0.5) is 5.69 Å². The number of hydrogen-bond donors (Lipinski definition) is 2. The summed E-state index contributed by atoms with van der Waals surface area (Å²) < 4.78 is 10.7. The van der Waals surface area contributed by atoms with E-state index in [0.717, 1.165) is 5.56 Å². The van der Waals surface area contributed by atoms with Crippen LogP contribution in [0.25, 0.3) is 0 Å². The second-order valence-electron chi connectivity index (χ2n) is 6.54. The van der Waals surface area contributed by atoms with Crippen molar-refractivity contribution in [1.82, 2.24) is 0 Å². The minimum atomic E-state index is -0.993. The number of ether oxygens (including phenoxy) is 2. The number of nitrogens with one attached hydrogen (secondary N) is 1. The number of nitrogens with two attached hydrogens (primary N) is 1. The number of benzene rings is 2. The van der Waals surface area contributed by atoms with Gasteiger partial charge in [0.2, 0.25) is 5.91 Å². The molecule has 7 heteroatoms. The van der Waals surface area contributed by atoms with E-state index in [4.69, 9.17) is 15.2 Å². The summed E-state index contributed by atoms with van der Waals surface area (Å²) in [5.74, 6) is -1.63. The summed E-state index contributed by atoms with van der Waals surface area (Å²) in [7, 11) is 0. The molecule has 2 aromatic rings. The van der Waals surface area contributed by atoms with Gasteiger partial charge in [0.15, 0.2) is 6.10 Å². The van der Waals surface area contributed by atoms with Crippen LogP contribution in [0.5, 0.6) is 0 Å². The highest BCUT2D eigenvalue weighted by Crippen LogP contribution is 2.12. The van der Waals surface area contributed by atoms with Crippen LogP contribution in [0.2, 0.25) is 0 Å². The Bertz CT molecular complexity index is 829. The molecule has 0 saturated heterocycles. The molecule has 0 aromatic heterocycles. The molecule has 0 fully saturated rings. The maximum atomic E-state index is 12.2. The van der Waals surface area contributed by atoms with Crippen LogP contribution in [0.1, 0.15) is 47.1 Å². The Morgan fingerprint density at radius 3 is 2.04 bits per heavy atom. The second kappa shape index (κ2) is 9.66. The smallest absolute Gasteiger partial charge is 0.338 e. The highest BCUT2D eigenvalue weighted by atomic mass is 16.5. The Hall–Kier alpha value is -3.19. The van der Waals surface area contributed by atoms with Gasteiger partial charge in [-0.25, -0.2) is 4.79 Å². The molecule has 0 saturated carbocycles.